The van der Waals surface area contributed by atoms with Crippen molar-refractivity contribution in [1.82, 2.24) is 16.0 Å². The minimum Gasteiger partial charge on any atom is -0.480 e. The van der Waals surface area contributed by atoms with E-state index in [4.69, 9.17) is 22.3 Å². The molecule has 13 heteroatoms. The Hall–Kier alpha value is -3.55. The Morgan fingerprint density at radius 1 is 0.833 bits per heavy atom. The van der Waals surface area contributed by atoms with E-state index in [0.717, 1.165) is 5.56 Å². The number of primary amides is 1. The number of unbranched alkanes of at least 4 members (excludes halogenated alkanes) is 1. The lowest BCUT2D eigenvalue weighted by Gasteiger charge is -2.25. The minimum absolute atomic E-state index is 0.0759. The topological polar surface area (TPSA) is 240 Å². The van der Waals surface area contributed by atoms with Crippen LogP contribution < -0.4 is 33.2 Å². The van der Waals surface area contributed by atoms with E-state index < -0.39 is 60.4 Å². The molecule has 0 heterocycles. The summed E-state index contributed by atoms with van der Waals surface area (Å²) >= 11 is 0. The average Bonchev–Trinajstić information content (AvgIpc) is 2.84. The van der Waals surface area contributed by atoms with Crippen LogP contribution >= 0.6 is 0 Å². The van der Waals surface area contributed by atoms with Gasteiger partial charge in [-0.05, 0) is 31.4 Å². The van der Waals surface area contributed by atoms with Crippen molar-refractivity contribution in [3.63, 3.8) is 0 Å². The van der Waals surface area contributed by atoms with Gasteiger partial charge in [0.15, 0.2) is 0 Å². The highest BCUT2D eigenvalue weighted by atomic mass is 16.4. The Bertz CT molecular complexity index is 883. The largest absolute Gasteiger partial charge is 0.480 e. The molecule has 4 atom stereocenters. The first-order valence-corrected chi connectivity index (χ1v) is 11.6. The lowest BCUT2D eigenvalue weighted by molar-refractivity contribution is -0.143. The van der Waals surface area contributed by atoms with E-state index in [1.165, 1.54) is 0 Å². The zero-order chi connectivity index (χ0) is 27.1. The lowest BCUT2D eigenvalue weighted by atomic mass is 10.0. The number of carboxylic acids is 1. The maximum absolute atomic E-state index is 13.2. The normalized spacial score (nSPS) is 14.1. The van der Waals surface area contributed by atoms with Crippen molar-refractivity contribution in [2.75, 3.05) is 13.2 Å². The Kier molecular flexibility index (Phi) is 13.7. The van der Waals surface area contributed by atoms with Crippen LogP contribution in [0.1, 0.15) is 37.7 Å². The van der Waals surface area contributed by atoms with Crippen LogP contribution in [0.15, 0.2) is 30.3 Å². The van der Waals surface area contributed by atoms with Crippen LogP contribution in [-0.4, -0.2) is 77.1 Å². The Morgan fingerprint density at radius 3 is 1.97 bits per heavy atom. The number of hydrogen-bond donors (Lipinski definition) is 8. The van der Waals surface area contributed by atoms with Gasteiger partial charge in [0, 0.05) is 12.8 Å². The number of hydrogen-bond acceptors (Lipinski definition) is 8. The summed E-state index contributed by atoms with van der Waals surface area (Å²) in [6.45, 7) is -0.423. The van der Waals surface area contributed by atoms with Crippen molar-refractivity contribution in [2.24, 2.45) is 17.2 Å². The van der Waals surface area contributed by atoms with E-state index in [2.05, 4.69) is 16.0 Å². The smallest absolute Gasteiger partial charge is 0.328 e. The zero-order valence-corrected chi connectivity index (χ0v) is 20.0. The SMILES string of the molecule is NCCCCC(N)C(=O)NC(Cc1ccccc1)C(=O)NC(CCC(N)=O)C(=O)NC(CO)C(=O)O. The fourth-order valence-electron chi connectivity index (χ4n) is 3.26. The third-order valence-electron chi connectivity index (χ3n) is 5.33. The van der Waals surface area contributed by atoms with Crippen LogP contribution in [-0.2, 0) is 30.4 Å². The zero-order valence-electron chi connectivity index (χ0n) is 20.0. The molecule has 0 radical (unpaired) electrons. The first-order chi connectivity index (χ1) is 17.1. The van der Waals surface area contributed by atoms with Gasteiger partial charge in [0.2, 0.25) is 23.6 Å². The third kappa shape index (κ3) is 11.3. The number of nitrogens with one attached hydrogen (secondary N) is 3. The number of aliphatic hydroxyl groups excluding tert-OH is 1. The summed E-state index contributed by atoms with van der Waals surface area (Å²) in [5, 5.41) is 25.4. The molecule has 0 saturated carbocycles. The number of rotatable bonds is 17. The number of nitrogens with two attached hydrogens (primary N) is 3. The van der Waals surface area contributed by atoms with Crippen LogP contribution in [0.25, 0.3) is 0 Å². The number of amides is 4. The predicted octanol–water partition coefficient (Wildman–Crippen LogP) is -2.52. The number of carboxylic acid groups (broad SMARTS) is 1. The van der Waals surface area contributed by atoms with Gasteiger partial charge in [0.1, 0.15) is 18.1 Å². The molecule has 11 N–H and O–H groups in total. The van der Waals surface area contributed by atoms with Crippen molar-refractivity contribution >= 4 is 29.6 Å². The first kappa shape index (κ1) is 30.5. The fourth-order valence-corrected chi connectivity index (χ4v) is 3.26. The number of carbonyl (C=O) groups excluding carboxylic acids is 4. The summed E-state index contributed by atoms with van der Waals surface area (Å²) < 4.78 is 0. The van der Waals surface area contributed by atoms with E-state index in [1.807, 2.05) is 0 Å². The second-order valence-electron chi connectivity index (χ2n) is 8.29. The van der Waals surface area contributed by atoms with Crippen LogP contribution in [0.2, 0.25) is 0 Å². The summed E-state index contributed by atoms with van der Waals surface area (Å²) in [6, 6.07) is 3.84. The molecule has 4 unspecified atom stereocenters. The highest BCUT2D eigenvalue weighted by molar-refractivity contribution is 5.94. The number of carbonyl (C=O) groups is 5. The summed E-state index contributed by atoms with van der Waals surface area (Å²) in [7, 11) is 0. The Morgan fingerprint density at radius 2 is 1.42 bits per heavy atom. The van der Waals surface area contributed by atoms with Crippen molar-refractivity contribution in [3.8, 4) is 0 Å². The second kappa shape index (κ2) is 16.2. The van der Waals surface area contributed by atoms with Crippen LogP contribution in [0.3, 0.4) is 0 Å². The molecule has 0 spiro atoms. The molecule has 4 amide bonds. The quantitative estimate of drug-likeness (QED) is 0.103. The number of benzene rings is 1. The van der Waals surface area contributed by atoms with E-state index in [9.17, 15) is 29.1 Å². The Labute approximate surface area is 209 Å². The van der Waals surface area contributed by atoms with Gasteiger partial charge < -0.3 is 43.4 Å². The van der Waals surface area contributed by atoms with Crippen LogP contribution in [0, 0.1) is 0 Å². The highest BCUT2D eigenvalue weighted by Gasteiger charge is 2.30. The van der Waals surface area contributed by atoms with Gasteiger partial charge in [-0.2, -0.15) is 0 Å². The molecule has 36 heavy (non-hydrogen) atoms. The standard InChI is InChI=1S/C23H36N6O7/c24-11-5-4-8-15(25)20(32)28-17(12-14-6-2-1-3-7-14)22(34)27-16(9-10-19(26)31)21(33)29-18(13-30)23(35)36/h1-3,6-7,15-18,30H,4-5,8-13,24-25H2,(H2,26,31)(H,27,34)(H,28,32)(H,29,33)(H,35,36). The molecule has 1 aromatic carbocycles. The minimum atomic E-state index is -1.61. The second-order valence-corrected chi connectivity index (χ2v) is 8.29. The predicted molar refractivity (Wildman–Crippen MR) is 130 cm³/mol. The molecular formula is C23H36N6O7. The summed E-state index contributed by atoms with van der Waals surface area (Å²) in [6.07, 6.45) is 1.26. The van der Waals surface area contributed by atoms with Crippen molar-refractivity contribution in [2.45, 2.75) is 62.7 Å². The maximum atomic E-state index is 13.2. The number of aliphatic carboxylic acids is 1. The molecule has 0 aliphatic rings. The number of aliphatic hydroxyl groups is 1. The molecule has 0 bridgehead atoms. The van der Waals surface area contributed by atoms with Gasteiger partial charge >= 0.3 is 5.97 Å². The molecule has 0 fully saturated rings. The molecule has 1 aromatic rings. The van der Waals surface area contributed by atoms with E-state index in [1.54, 1.807) is 30.3 Å². The third-order valence-corrected chi connectivity index (χ3v) is 5.33. The average molecular weight is 509 g/mol. The van der Waals surface area contributed by atoms with Crippen LogP contribution in [0.5, 0.6) is 0 Å². The summed E-state index contributed by atoms with van der Waals surface area (Å²) in [4.78, 5) is 60.9. The van der Waals surface area contributed by atoms with E-state index in [0.29, 0.717) is 25.8 Å². The van der Waals surface area contributed by atoms with E-state index in [-0.39, 0.29) is 19.3 Å². The molecule has 13 nitrogen and oxygen atoms in total. The molecule has 0 saturated heterocycles. The van der Waals surface area contributed by atoms with Gasteiger partial charge in [-0.1, -0.05) is 36.8 Å². The van der Waals surface area contributed by atoms with Crippen LogP contribution in [0.4, 0.5) is 0 Å². The Balaban J connectivity index is 3.06. The molecule has 0 aromatic heterocycles. The highest BCUT2D eigenvalue weighted by Crippen LogP contribution is 2.07. The van der Waals surface area contributed by atoms with E-state index >= 15 is 0 Å². The molecule has 200 valence electrons. The van der Waals surface area contributed by atoms with Gasteiger partial charge in [-0.25, -0.2) is 4.79 Å². The van der Waals surface area contributed by atoms with Gasteiger partial charge in [0.25, 0.3) is 0 Å². The molecular weight excluding hydrogens is 472 g/mol. The first-order valence-electron chi connectivity index (χ1n) is 11.6. The molecule has 0 aliphatic heterocycles. The van der Waals surface area contributed by atoms with Crippen molar-refractivity contribution in [1.29, 1.82) is 0 Å². The van der Waals surface area contributed by atoms with Gasteiger partial charge in [-0.3, -0.25) is 19.2 Å². The fraction of sp³-hybridized carbons (Fsp3) is 0.522. The van der Waals surface area contributed by atoms with Gasteiger partial charge in [0.05, 0.1) is 12.6 Å². The summed E-state index contributed by atoms with van der Waals surface area (Å²) in [5.74, 6) is -4.47. The van der Waals surface area contributed by atoms with Crippen molar-refractivity contribution < 1.29 is 34.2 Å². The molecule has 1 rings (SSSR count). The maximum Gasteiger partial charge on any atom is 0.328 e. The lowest BCUT2D eigenvalue weighted by Crippen LogP contribution is -2.58. The molecule has 0 aliphatic carbocycles. The summed E-state index contributed by atoms with van der Waals surface area (Å²) in [5.41, 5.74) is 17.3. The van der Waals surface area contributed by atoms with Gasteiger partial charge in [-0.15, -0.1) is 0 Å². The monoisotopic (exact) mass is 508 g/mol. The van der Waals surface area contributed by atoms with Crippen molar-refractivity contribution in [3.05, 3.63) is 35.9 Å².